The number of benzene rings is 1. The smallest absolute Gasteiger partial charge is 0.337 e. The Morgan fingerprint density at radius 2 is 1.96 bits per heavy atom. The van der Waals surface area contributed by atoms with Crippen molar-refractivity contribution in [2.45, 2.75) is 45.4 Å². The maximum Gasteiger partial charge on any atom is 0.337 e. The maximum atomic E-state index is 11.6. The lowest BCUT2D eigenvalue weighted by atomic mass is 9.85. The number of rotatable bonds is 4. The van der Waals surface area contributed by atoms with Gasteiger partial charge in [0.15, 0.2) is 0 Å². The Labute approximate surface area is 137 Å². The highest BCUT2D eigenvalue weighted by Crippen LogP contribution is 2.31. The molecule has 124 valence electrons. The highest BCUT2D eigenvalue weighted by Gasteiger charge is 2.21. The van der Waals surface area contributed by atoms with Gasteiger partial charge in [-0.3, -0.25) is 0 Å². The number of fused-ring (bicyclic) bond motifs is 1. The van der Waals surface area contributed by atoms with E-state index in [0.29, 0.717) is 5.56 Å². The van der Waals surface area contributed by atoms with E-state index in [1.165, 1.54) is 31.5 Å². The second-order valence-electron chi connectivity index (χ2n) is 7.61. The molecule has 4 nitrogen and oxygen atoms in total. The van der Waals surface area contributed by atoms with Gasteiger partial charge in [0.2, 0.25) is 0 Å². The monoisotopic (exact) mass is 314 g/mol. The van der Waals surface area contributed by atoms with Crippen LogP contribution in [0, 0.1) is 0 Å². The van der Waals surface area contributed by atoms with Gasteiger partial charge in [0, 0.05) is 18.1 Å². The molecule has 2 heterocycles. The van der Waals surface area contributed by atoms with Crippen molar-refractivity contribution >= 4 is 16.9 Å². The minimum Gasteiger partial charge on any atom is -0.478 e. The second kappa shape index (κ2) is 6.00. The van der Waals surface area contributed by atoms with E-state index < -0.39 is 5.97 Å². The van der Waals surface area contributed by atoms with Gasteiger partial charge >= 0.3 is 5.97 Å². The summed E-state index contributed by atoms with van der Waals surface area (Å²) in [6.07, 6.45) is 5.54. The minimum absolute atomic E-state index is 0.0676. The summed E-state index contributed by atoms with van der Waals surface area (Å²) in [5.74, 6) is -0.867. The molecule has 0 aliphatic carbocycles. The highest BCUT2D eigenvalue weighted by molar-refractivity contribution is 6.03. The van der Waals surface area contributed by atoms with Gasteiger partial charge in [-0.25, -0.2) is 4.79 Å². The van der Waals surface area contributed by atoms with Crippen LogP contribution < -0.4 is 0 Å². The van der Waals surface area contributed by atoms with Crippen LogP contribution in [0.15, 0.2) is 18.3 Å². The molecule has 1 saturated heterocycles. The zero-order chi connectivity index (χ0) is 16.6. The minimum atomic E-state index is -0.867. The summed E-state index contributed by atoms with van der Waals surface area (Å²) in [5.41, 5.74) is 3.36. The molecule has 1 aliphatic rings. The third-order valence-electron chi connectivity index (χ3n) is 4.87. The molecule has 0 radical (unpaired) electrons. The van der Waals surface area contributed by atoms with Crippen molar-refractivity contribution in [3.8, 4) is 0 Å². The number of carbonyl (C=O) groups is 1. The van der Waals surface area contributed by atoms with Gasteiger partial charge < -0.3 is 15.0 Å². The SMILES string of the molecule is CC(C)(C)c1cc(C(=O)O)c2[nH]cc(CCN3CCCC3)c2c1. The van der Waals surface area contributed by atoms with Gasteiger partial charge in [0.05, 0.1) is 11.1 Å². The standard InChI is InChI=1S/C19H26N2O2/c1-19(2,3)14-10-15-13(6-9-21-7-4-5-8-21)12-20-17(15)16(11-14)18(22)23/h10-12,20H,4-9H2,1-3H3,(H,22,23). The summed E-state index contributed by atoms with van der Waals surface area (Å²) in [5, 5.41) is 10.6. The fourth-order valence-corrected chi connectivity index (χ4v) is 3.38. The van der Waals surface area contributed by atoms with E-state index in [-0.39, 0.29) is 5.41 Å². The van der Waals surface area contributed by atoms with Crippen molar-refractivity contribution in [1.82, 2.24) is 9.88 Å². The quantitative estimate of drug-likeness (QED) is 0.902. The molecule has 0 saturated carbocycles. The van der Waals surface area contributed by atoms with E-state index >= 15 is 0 Å². The van der Waals surface area contributed by atoms with Crippen molar-refractivity contribution in [2.24, 2.45) is 0 Å². The van der Waals surface area contributed by atoms with E-state index in [1.807, 2.05) is 12.3 Å². The Hall–Kier alpha value is -1.81. The Morgan fingerprint density at radius 3 is 2.57 bits per heavy atom. The summed E-state index contributed by atoms with van der Waals surface area (Å²) in [7, 11) is 0. The molecule has 4 heteroatoms. The second-order valence-corrected chi connectivity index (χ2v) is 7.61. The van der Waals surface area contributed by atoms with Gasteiger partial charge in [-0.2, -0.15) is 0 Å². The lowest BCUT2D eigenvalue weighted by molar-refractivity contribution is 0.0698. The van der Waals surface area contributed by atoms with Crippen molar-refractivity contribution in [2.75, 3.05) is 19.6 Å². The number of hydrogen-bond acceptors (Lipinski definition) is 2. The van der Waals surface area contributed by atoms with Crippen molar-refractivity contribution in [3.63, 3.8) is 0 Å². The van der Waals surface area contributed by atoms with Crippen LogP contribution in [-0.4, -0.2) is 40.6 Å². The maximum absolute atomic E-state index is 11.6. The Morgan fingerprint density at radius 1 is 1.26 bits per heavy atom. The van der Waals surface area contributed by atoms with Gasteiger partial charge in [0.1, 0.15) is 0 Å². The average molecular weight is 314 g/mol. The third kappa shape index (κ3) is 3.27. The van der Waals surface area contributed by atoms with Crippen LogP contribution in [0.1, 0.15) is 55.1 Å². The van der Waals surface area contributed by atoms with Gasteiger partial charge in [-0.05, 0) is 61.0 Å². The Kier molecular flexibility index (Phi) is 4.19. The number of nitrogens with zero attached hydrogens (tertiary/aromatic N) is 1. The topological polar surface area (TPSA) is 56.3 Å². The molecule has 23 heavy (non-hydrogen) atoms. The van der Waals surface area contributed by atoms with Crippen molar-refractivity contribution in [3.05, 3.63) is 35.0 Å². The average Bonchev–Trinajstić information content (AvgIpc) is 3.12. The molecule has 0 bridgehead atoms. The van der Waals surface area contributed by atoms with Crippen LogP contribution in [-0.2, 0) is 11.8 Å². The number of carboxylic acid groups (broad SMARTS) is 1. The molecular weight excluding hydrogens is 288 g/mol. The molecular formula is C19H26N2O2. The van der Waals surface area contributed by atoms with Crippen molar-refractivity contribution < 1.29 is 9.90 Å². The van der Waals surface area contributed by atoms with Gasteiger partial charge in [0.25, 0.3) is 0 Å². The predicted octanol–water partition coefficient (Wildman–Crippen LogP) is 3.80. The first-order valence-corrected chi connectivity index (χ1v) is 8.46. The fourth-order valence-electron chi connectivity index (χ4n) is 3.38. The number of nitrogens with one attached hydrogen (secondary N) is 1. The van der Waals surface area contributed by atoms with Crippen LogP contribution in [0.3, 0.4) is 0 Å². The third-order valence-corrected chi connectivity index (χ3v) is 4.87. The van der Waals surface area contributed by atoms with E-state index in [1.54, 1.807) is 0 Å². The molecule has 1 aromatic heterocycles. The molecule has 0 atom stereocenters. The molecule has 3 rings (SSSR count). The zero-order valence-electron chi connectivity index (χ0n) is 14.3. The molecule has 1 fully saturated rings. The molecule has 0 spiro atoms. The first-order valence-electron chi connectivity index (χ1n) is 8.46. The zero-order valence-corrected chi connectivity index (χ0v) is 14.3. The Balaban J connectivity index is 1.99. The highest BCUT2D eigenvalue weighted by atomic mass is 16.4. The number of likely N-dealkylation sites (tertiary alicyclic amines) is 1. The van der Waals surface area contributed by atoms with Crippen LogP contribution in [0.4, 0.5) is 0 Å². The number of aromatic nitrogens is 1. The summed E-state index contributed by atoms with van der Waals surface area (Å²) in [4.78, 5) is 17.3. The summed E-state index contributed by atoms with van der Waals surface area (Å²) in [6, 6.07) is 3.98. The van der Waals surface area contributed by atoms with Gasteiger partial charge in [-0.15, -0.1) is 0 Å². The fraction of sp³-hybridized carbons (Fsp3) is 0.526. The molecule has 0 amide bonds. The first-order chi connectivity index (χ1) is 10.9. The Bertz CT molecular complexity index is 719. The summed E-state index contributed by atoms with van der Waals surface area (Å²) < 4.78 is 0. The lowest BCUT2D eigenvalue weighted by Gasteiger charge is -2.20. The molecule has 1 aromatic carbocycles. The van der Waals surface area contributed by atoms with Crippen LogP contribution in [0.5, 0.6) is 0 Å². The summed E-state index contributed by atoms with van der Waals surface area (Å²) >= 11 is 0. The number of H-pyrrole nitrogens is 1. The van der Waals surface area contributed by atoms with Crippen LogP contribution in [0.2, 0.25) is 0 Å². The van der Waals surface area contributed by atoms with Crippen LogP contribution in [0.25, 0.3) is 10.9 Å². The van der Waals surface area contributed by atoms with Gasteiger partial charge in [-0.1, -0.05) is 20.8 Å². The van der Waals surface area contributed by atoms with E-state index in [9.17, 15) is 9.90 Å². The lowest BCUT2D eigenvalue weighted by Crippen LogP contribution is -2.21. The normalized spacial score (nSPS) is 16.3. The largest absolute Gasteiger partial charge is 0.478 e. The van der Waals surface area contributed by atoms with Crippen LogP contribution >= 0.6 is 0 Å². The number of aromatic carboxylic acids is 1. The van der Waals surface area contributed by atoms with Crippen molar-refractivity contribution in [1.29, 1.82) is 0 Å². The first kappa shape index (κ1) is 16.1. The molecule has 2 N–H and O–H groups in total. The number of hydrogen-bond donors (Lipinski definition) is 2. The molecule has 1 aliphatic heterocycles. The number of carboxylic acids is 1. The molecule has 2 aromatic rings. The van der Waals surface area contributed by atoms with E-state index in [2.05, 4.69) is 36.7 Å². The van der Waals surface area contributed by atoms with E-state index in [0.717, 1.165) is 29.4 Å². The van der Waals surface area contributed by atoms with E-state index in [4.69, 9.17) is 0 Å². The predicted molar refractivity (Wildman–Crippen MR) is 93.3 cm³/mol. The molecule has 0 unspecified atom stereocenters. The number of aromatic amines is 1. The summed E-state index contributed by atoms with van der Waals surface area (Å²) in [6.45, 7) is 9.80.